The molecule has 0 heterocycles. The van der Waals surface area contributed by atoms with Crippen LogP contribution in [0.1, 0.15) is 75.6 Å². The van der Waals surface area contributed by atoms with E-state index in [9.17, 15) is 19.6 Å². The molecule has 0 radical (unpaired) electrons. The lowest BCUT2D eigenvalue weighted by Crippen LogP contribution is -2.05. The molecule has 10 nitrogen and oxygen atoms in total. The van der Waals surface area contributed by atoms with Gasteiger partial charge in [-0.25, -0.2) is 14.4 Å². The monoisotopic (exact) mass is 568 g/mol. The normalized spacial score (nSPS) is 9.58. The van der Waals surface area contributed by atoms with Crippen molar-refractivity contribution in [3.63, 3.8) is 0 Å². The largest absolute Gasteiger partial charge is 0.478 e. The van der Waals surface area contributed by atoms with E-state index in [2.05, 4.69) is 0 Å². The van der Waals surface area contributed by atoms with Crippen LogP contribution in [-0.2, 0) is 12.8 Å². The molecule has 0 unspecified atom stereocenters. The summed E-state index contributed by atoms with van der Waals surface area (Å²) in [6.45, 7) is 0. The Balaban J connectivity index is 0.000000238. The van der Waals surface area contributed by atoms with Gasteiger partial charge in [-0.15, -0.1) is 0 Å². The molecule has 4 aromatic carbocycles. The molecule has 3 N–H and O–H groups in total. The minimum atomic E-state index is -1.24. The summed E-state index contributed by atoms with van der Waals surface area (Å²) in [7, 11) is 0. The Bertz CT molecular complexity index is 1890. The summed E-state index contributed by atoms with van der Waals surface area (Å²) in [6.07, 6.45) is 0.569. The highest BCUT2D eigenvalue weighted by molar-refractivity contribution is 5.94. The van der Waals surface area contributed by atoms with Gasteiger partial charge in [0.1, 0.15) is 24.3 Å². The lowest BCUT2D eigenvalue weighted by molar-refractivity contribution is 0.0682. The van der Waals surface area contributed by atoms with Crippen LogP contribution >= 0.6 is 0 Å². The summed E-state index contributed by atoms with van der Waals surface area (Å²) in [4.78, 5) is 33.2. The van der Waals surface area contributed by atoms with Crippen LogP contribution in [0.2, 0.25) is 0 Å². The van der Waals surface area contributed by atoms with E-state index >= 15 is 0 Å². The fourth-order valence-electron chi connectivity index (χ4n) is 4.24. The smallest absolute Gasteiger partial charge is 0.335 e. The highest BCUT2D eigenvalue weighted by Gasteiger charge is 2.14. The van der Waals surface area contributed by atoms with E-state index < -0.39 is 17.9 Å². The Labute approximate surface area is 245 Å². The van der Waals surface area contributed by atoms with Gasteiger partial charge >= 0.3 is 17.9 Å². The van der Waals surface area contributed by atoms with Crippen molar-refractivity contribution < 1.29 is 29.7 Å². The van der Waals surface area contributed by atoms with E-state index in [0.29, 0.717) is 34.2 Å². The Morgan fingerprint density at radius 2 is 0.930 bits per heavy atom. The number of benzene rings is 4. The van der Waals surface area contributed by atoms with Crippen molar-refractivity contribution in [1.82, 2.24) is 0 Å². The van der Waals surface area contributed by atoms with Crippen molar-refractivity contribution in [1.29, 1.82) is 21.0 Å². The number of rotatable bonds is 7. The lowest BCUT2D eigenvalue weighted by Gasteiger charge is -2.08. The predicted molar refractivity (Wildman–Crippen MR) is 151 cm³/mol. The van der Waals surface area contributed by atoms with Gasteiger partial charge in [-0.2, -0.15) is 21.0 Å². The number of hydrogen-bond donors (Lipinski definition) is 3. The number of nitriles is 4. The van der Waals surface area contributed by atoms with Gasteiger partial charge in [0.15, 0.2) is 0 Å². The number of nitrogens with zero attached hydrogens (tertiary/aromatic N) is 4. The average molecular weight is 569 g/mol. The second-order valence-electron chi connectivity index (χ2n) is 9.01. The zero-order chi connectivity index (χ0) is 31.5. The van der Waals surface area contributed by atoms with Crippen LogP contribution in [0.25, 0.3) is 0 Å². The van der Waals surface area contributed by atoms with Gasteiger partial charge in [-0.05, 0) is 77.6 Å². The van der Waals surface area contributed by atoms with Crippen molar-refractivity contribution in [3.05, 3.63) is 140 Å². The molecule has 0 aromatic heterocycles. The lowest BCUT2D eigenvalue weighted by atomic mass is 9.95. The number of aromatic carboxylic acids is 3. The maximum Gasteiger partial charge on any atom is 0.335 e. The molecule has 0 amide bonds. The number of hydrogen-bond acceptors (Lipinski definition) is 7. The quantitative estimate of drug-likeness (QED) is 0.267. The molecule has 0 fully saturated rings. The summed E-state index contributed by atoms with van der Waals surface area (Å²) < 4.78 is 0. The first-order valence-electron chi connectivity index (χ1n) is 12.4. The number of carboxylic acids is 3. The molecule has 0 aliphatic carbocycles. The summed E-state index contributed by atoms with van der Waals surface area (Å²) >= 11 is 0. The molecule has 10 heteroatoms. The van der Waals surface area contributed by atoms with E-state index in [-0.39, 0.29) is 34.2 Å². The summed E-state index contributed by atoms with van der Waals surface area (Å²) in [5.74, 6) is -3.46. The fraction of sp³-hybridized carbons (Fsp3) is 0.0606. The minimum Gasteiger partial charge on any atom is -0.478 e. The third kappa shape index (κ3) is 7.68. The van der Waals surface area contributed by atoms with E-state index in [1.807, 2.05) is 24.3 Å². The zero-order valence-electron chi connectivity index (χ0n) is 22.3. The molecule has 4 rings (SSSR count). The van der Waals surface area contributed by atoms with Gasteiger partial charge in [0.05, 0.1) is 38.9 Å². The zero-order valence-corrected chi connectivity index (χ0v) is 22.3. The molecular formula is C33H20N4O6. The Morgan fingerprint density at radius 1 is 0.512 bits per heavy atom. The Kier molecular flexibility index (Phi) is 10.1. The highest BCUT2D eigenvalue weighted by atomic mass is 16.4. The SMILES string of the molecule is N#Cc1cccc(Cc2cc(C(=O)O)cc(C(=O)O)c2)c1C#N.N#Cc1cccc(Cc2cccc(C(=O)O)c2)c1C#N. The van der Waals surface area contributed by atoms with Crippen molar-refractivity contribution in [3.8, 4) is 24.3 Å². The van der Waals surface area contributed by atoms with Gasteiger partial charge < -0.3 is 15.3 Å². The van der Waals surface area contributed by atoms with Gasteiger partial charge in [0.2, 0.25) is 0 Å². The van der Waals surface area contributed by atoms with Crippen LogP contribution in [0.5, 0.6) is 0 Å². The standard InChI is InChI=1S/C17H10N2O4.C16H10N2O2/c18-8-12-3-1-2-11(15(12)9-19)4-10-5-13(16(20)21)7-14(6-10)17(22)23;17-9-14-6-2-4-12(15(14)10-18)7-11-3-1-5-13(8-11)16(19)20/h1-3,5-7H,4H2,(H,20,21)(H,22,23);1-6,8H,7H2,(H,19,20). The van der Waals surface area contributed by atoms with Crippen LogP contribution in [0.4, 0.5) is 0 Å². The van der Waals surface area contributed by atoms with Gasteiger partial charge in [0.25, 0.3) is 0 Å². The third-order valence-corrected chi connectivity index (χ3v) is 6.22. The first kappa shape index (κ1) is 30.8. The second-order valence-corrected chi connectivity index (χ2v) is 9.01. The van der Waals surface area contributed by atoms with E-state index in [1.165, 1.54) is 24.3 Å². The van der Waals surface area contributed by atoms with Crippen LogP contribution in [0.3, 0.4) is 0 Å². The van der Waals surface area contributed by atoms with Gasteiger partial charge in [0, 0.05) is 0 Å². The van der Waals surface area contributed by atoms with E-state index in [1.54, 1.807) is 48.5 Å². The van der Waals surface area contributed by atoms with Crippen molar-refractivity contribution in [2.75, 3.05) is 0 Å². The predicted octanol–water partition coefficient (Wildman–Crippen LogP) is 5.14. The summed E-state index contributed by atoms with van der Waals surface area (Å²) in [6, 6.07) is 28.1. The van der Waals surface area contributed by atoms with Crippen molar-refractivity contribution >= 4 is 17.9 Å². The van der Waals surface area contributed by atoms with Crippen molar-refractivity contribution in [2.45, 2.75) is 12.8 Å². The van der Waals surface area contributed by atoms with Gasteiger partial charge in [-0.3, -0.25) is 0 Å². The molecule has 208 valence electrons. The topological polar surface area (TPSA) is 207 Å². The number of carbonyl (C=O) groups is 3. The molecule has 0 saturated heterocycles. The van der Waals surface area contributed by atoms with Gasteiger partial charge in [-0.1, -0.05) is 36.4 Å². The molecule has 4 aromatic rings. The van der Waals surface area contributed by atoms with E-state index in [0.717, 1.165) is 11.6 Å². The molecule has 0 atom stereocenters. The molecule has 0 aliphatic rings. The molecule has 0 saturated carbocycles. The second kappa shape index (κ2) is 14.1. The number of carboxylic acid groups (broad SMARTS) is 3. The van der Waals surface area contributed by atoms with Crippen LogP contribution in [0.15, 0.2) is 78.9 Å². The van der Waals surface area contributed by atoms with Crippen LogP contribution in [0, 0.1) is 45.3 Å². The molecular weight excluding hydrogens is 548 g/mol. The Morgan fingerprint density at radius 3 is 1.35 bits per heavy atom. The molecule has 0 spiro atoms. The maximum absolute atomic E-state index is 11.1. The summed E-state index contributed by atoms with van der Waals surface area (Å²) in [5.41, 5.74) is 3.49. The highest BCUT2D eigenvalue weighted by Crippen LogP contribution is 2.20. The first-order chi connectivity index (χ1) is 20.6. The van der Waals surface area contributed by atoms with Crippen LogP contribution in [-0.4, -0.2) is 33.2 Å². The minimum absolute atomic E-state index is 0.144. The molecule has 0 bridgehead atoms. The first-order valence-corrected chi connectivity index (χ1v) is 12.4. The Hall–Kier alpha value is -6.75. The molecule has 0 aliphatic heterocycles. The maximum atomic E-state index is 11.1. The average Bonchev–Trinajstić information content (AvgIpc) is 3.00. The van der Waals surface area contributed by atoms with Crippen LogP contribution < -0.4 is 0 Å². The summed E-state index contributed by atoms with van der Waals surface area (Å²) in [5, 5.41) is 63.5. The van der Waals surface area contributed by atoms with Crippen molar-refractivity contribution in [2.24, 2.45) is 0 Å². The fourth-order valence-corrected chi connectivity index (χ4v) is 4.24. The molecule has 43 heavy (non-hydrogen) atoms. The third-order valence-electron chi connectivity index (χ3n) is 6.22. The van der Waals surface area contributed by atoms with E-state index in [4.69, 9.17) is 31.1 Å².